The van der Waals surface area contributed by atoms with Gasteiger partial charge in [-0.15, -0.1) is 0 Å². The lowest BCUT2D eigenvalue weighted by Crippen LogP contribution is -2.47. The van der Waals surface area contributed by atoms with Gasteiger partial charge < -0.3 is 25.6 Å². The predicted molar refractivity (Wildman–Crippen MR) is 127 cm³/mol. The molecule has 1 aliphatic carbocycles. The number of aliphatic hydroxyl groups is 1. The van der Waals surface area contributed by atoms with E-state index < -0.39 is 29.6 Å². The van der Waals surface area contributed by atoms with Gasteiger partial charge in [0.2, 0.25) is 5.91 Å². The molecular formula is C26H32N2O6. The van der Waals surface area contributed by atoms with Crippen molar-refractivity contribution in [3.8, 4) is 11.1 Å². The van der Waals surface area contributed by atoms with Gasteiger partial charge >= 0.3 is 12.1 Å². The number of alkyl carbamates (subject to hydrolysis) is 1. The van der Waals surface area contributed by atoms with E-state index in [9.17, 15) is 19.5 Å². The summed E-state index contributed by atoms with van der Waals surface area (Å²) in [5.74, 6) is -1.75. The van der Waals surface area contributed by atoms with Crippen LogP contribution < -0.4 is 10.6 Å². The standard InChI is InChI=1S/C26H32N2O6/c1-26(2,3)22(14-23(30)27-13-12-21(29)24(31)32)28-25(33)34-15-20-18-10-6-4-8-16(18)17-9-5-7-11-19(17)20/h4-11,20-22,29H,12-15H2,1-3H3,(H,27,30)(H,28,33)(H,31,32)/t21-,22?/m0/s1. The molecule has 0 saturated heterocycles. The lowest BCUT2D eigenvalue weighted by atomic mass is 9.84. The van der Waals surface area contributed by atoms with Gasteiger partial charge in [-0.25, -0.2) is 9.59 Å². The minimum Gasteiger partial charge on any atom is -0.479 e. The van der Waals surface area contributed by atoms with Gasteiger partial charge in [-0.3, -0.25) is 4.79 Å². The highest BCUT2D eigenvalue weighted by molar-refractivity contribution is 5.80. The Balaban J connectivity index is 1.57. The maximum Gasteiger partial charge on any atom is 0.407 e. The van der Waals surface area contributed by atoms with Crippen molar-refractivity contribution >= 4 is 18.0 Å². The summed E-state index contributed by atoms with van der Waals surface area (Å²) in [6.07, 6.45) is -2.23. The minimum atomic E-state index is -1.53. The highest BCUT2D eigenvalue weighted by Crippen LogP contribution is 2.44. The van der Waals surface area contributed by atoms with Crippen molar-refractivity contribution in [3.05, 3.63) is 59.7 Å². The Morgan fingerprint density at radius 3 is 2.09 bits per heavy atom. The van der Waals surface area contributed by atoms with Crippen LogP contribution >= 0.6 is 0 Å². The van der Waals surface area contributed by atoms with Crippen LogP contribution in [0.3, 0.4) is 0 Å². The van der Waals surface area contributed by atoms with Crippen LogP contribution in [-0.2, 0) is 14.3 Å². The Kier molecular flexibility index (Phi) is 7.94. The zero-order valence-electron chi connectivity index (χ0n) is 19.7. The van der Waals surface area contributed by atoms with Gasteiger partial charge in [0.05, 0.1) is 0 Å². The van der Waals surface area contributed by atoms with E-state index in [1.54, 1.807) is 0 Å². The van der Waals surface area contributed by atoms with Crippen LogP contribution in [0.25, 0.3) is 11.1 Å². The number of aliphatic hydroxyl groups excluding tert-OH is 1. The Morgan fingerprint density at radius 1 is 1.00 bits per heavy atom. The van der Waals surface area contributed by atoms with E-state index in [0.717, 1.165) is 22.3 Å². The molecule has 8 heteroatoms. The second-order valence-corrected chi connectivity index (χ2v) is 9.59. The van der Waals surface area contributed by atoms with Crippen molar-refractivity contribution in [1.29, 1.82) is 0 Å². The Morgan fingerprint density at radius 2 is 1.56 bits per heavy atom. The van der Waals surface area contributed by atoms with Crippen molar-refractivity contribution in [2.75, 3.05) is 13.2 Å². The first-order valence-corrected chi connectivity index (χ1v) is 11.4. The number of carboxylic acid groups (broad SMARTS) is 1. The van der Waals surface area contributed by atoms with Crippen LogP contribution in [0.5, 0.6) is 0 Å². The van der Waals surface area contributed by atoms with Crippen LogP contribution in [0.15, 0.2) is 48.5 Å². The van der Waals surface area contributed by atoms with Crippen LogP contribution in [0.4, 0.5) is 4.79 Å². The zero-order valence-corrected chi connectivity index (χ0v) is 19.7. The van der Waals surface area contributed by atoms with Gasteiger partial charge in [0.1, 0.15) is 6.61 Å². The number of hydrogen-bond acceptors (Lipinski definition) is 5. The first kappa shape index (κ1) is 25.2. The molecule has 0 saturated carbocycles. The largest absolute Gasteiger partial charge is 0.479 e. The van der Waals surface area contributed by atoms with Crippen molar-refractivity contribution in [1.82, 2.24) is 10.6 Å². The van der Waals surface area contributed by atoms with Crippen molar-refractivity contribution in [2.24, 2.45) is 5.41 Å². The van der Waals surface area contributed by atoms with Crippen molar-refractivity contribution in [2.45, 2.75) is 51.7 Å². The first-order chi connectivity index (χ1) is 16.1. The summed E-state index contributed by atoms with van der Waals surface area (Å²) in [4.78, 5) is 35.7. The molecule has 1 aliphatic rings. The Hall–Kier alpha value is -3.39. The number of rotatable bonds is 9. The van der Waals surface area contributed by atoms with Gasteiger partial charge in [-0.2, -0.15) is 0 Å². The number of nitrogens with one attached hydrogen (secondary N) is 2. The third-order valence-corrected chi connectivity index (χ3v) is 6.10. The predicted octanol–water partition coefficient (Wildman–Crippen LogP) is 3.28. The number of carbonyl (C=O) groups excluding carboxylic acids is 2. The van der Waals surface area contributed by atoms with E-state index in [4.69, 9.17) is 9.84 Å². The number of amides is 2. The number of aliphatic carboxylic acids is 1. The van der Waals surface area contributed by atoms with Gasteiger partial charge in [0, 0.05) is 31.3 Å². The highest BCUT2D eigenvalue weighted by atomic mass is 16.5. The van der Waals surface area contributed by atoms with E-state index in [0.29, 0.717) is 0 Å². The maximum atomic E-state index is 12.7. The monoisotopic (exact) mass is 468 g/mol. The second kappa shape index (κ2) is 10.7. The summed E-state index contributed by atoms with van der Waals surface area (Å²) in [7, 11) is 0. The molecule has 34 heavy (non-hydrogen) atoms. The summed E-state index contributed by atoms with van der Waals surface area (Å²) in [5.41, 5.74) is 4.09. The van der Waals surface area contributed by atoms with E-state index in [1.165, 1.54) is 0 Å². The summed E-state index contributed by atoms with van der Waals surface area (Å²) in [5, 5.41) is 23.4. The van der Waals surface area contributed by atoms with Crippen LogP contribution in [0.2, 0.25) is 0 Å². The fraction of sp³-hybridized carbons (Fsp3) is 0.423. The molecule has 2 atom stereocenters. The molecule has 0 heterocycles. The average molecular weight is 469 g/mol. The van der Waals surface area contributed by atoms with Crippen LogP contribution in [-0.4, -0.2) is 53.5 Å². The molecule has 4 N–H and O–H groups in total. The molecule has 2 aromatic rings. The van der Waals surface area contributed by atoms with E-state index in [1.807, 2.05) is 57.2 Å². The fourth-order valence-electron chi connectivity index (χ4n) is 4.09. The molecule has 0 radical (unpaired) electrons. The van der Waals surface area contributed by atoms with Crippen molar-refractivity contribution < 1.29 is 29.3 Å². The molecule has 182 valence electrons. The number of carbonyl (C=O) groups is 3. The van der Waals surface area contributed by atoms with Gasteiger partial charge in [-0.1, -0.05) is 69.3 Å². The number of fused-ring (bicyclic) bond motifs is 3. The van der Waals surface area contributed by atoms with E-state index >= 15 is 0 Å². The normalized spacial score (nSPS) is 14.5. The fourth-order valence-corrected chi connectivity index (χ4v) is 4.09. The maximum absolute atomic E-state index is 12.7. The third kappa shape index (κ3) is 6.14. The lowest BCUT2D eigenvalue weighted by Gasteiger charge is -2.31. The smallest absolute Gasteiger partial charge is 0.407 e. The van der Waals surface area contributed by atoms with E-state index in [2.05, 4.69) is 22.8 Å². The van der Waals surface area contributed by atoms with Gasteiger partial charge in [-0.05, 0) is 27.7 Å². The Labute approximate surface area is 199 Å². The molecule has 8 nitrogen and oxygen atoms in total. The Bertz CT molecular complexity index is 1000. The topological polar surface area (TPSA) is 125 Å². The molecule has 2 aromatic carbocycles. The summed E-state index contributed by atoms with van der Waals surface area (Å²) in [6.45, 7) is 5.92. The summed E-state index contributed by atoms with van der Waals surface area (Å²) in [6, 6.07) is 15.7. The highest BCUT2D eigenvalue weighted by Gasteiger charge is 2.31. The molecule has 2 amide bonds. The number of ether oxygens (including phenoxy) is 1. The van der Waals surface area contributed by atoms with Crippen LogP contribution in [0.1, 0.15) is 50.7 Å². The minimum absolute atomic E-state index is 0.00311. The quantitative estimate of drug-likeness (QED) is 0.448. The molecule has 0 spiro atoms. The van der Waals surface area contributed by atoms with Crippen LogP contribution in [0, 0.1) is 5.41 Å². The number of hydrogen-bond donors (Lipinski definition) is 4. The first-order valence-electron chi connectivity index (χ1n) is 11.4. The molecule has 0 fully saturated rings. The van der Waals surface area contributed by atoms with Gasteiger partial charge in [0.15, 0.2) is 6.10 Å². The number of carboxylic acids is 1. The molecule has 0 aliphatic heterocycles. The average Bonchev–Trinajstić information content (AvgIpc) is 3.10. The zero-order chi connectivity index (χ0) is 24.9. The molecule has 1 unspecified atom stereocenters. The number of benzene rings is 2. The molecular weight excluding hydrogens is 436 g/mol. The summed E-state index contributed by atoms with van der Waals surface area (Å²) >= 11 is 0. The third-order valence-electron chi connectivity index (χ3n) is 6.10. The second-order valence-electron chi connectivity index (χ2n) is 9.59. The lowest BCUT2D eigenvalue weighted by molar-refractivity contribution is -0.147. The molecule has 0 bridgehead atoms. The molecule has 0 aromatic heterocycles. The van der Waals surface area contributed by atoms with Crippen molar-refractivity contribution in [3.63, 3.8) is 0 Å². The van der Waals surface area contributed by atoms with Gasteiger partial charge in [0.25, 0.3) is 0 Å². The summed E-state index contributed by atoms with van der Waals surface area (Å²) < 4.78 is 5.61. The SMILES string of the molecule is CC(C)(C)C(CC(=O)NCC[C@H](O)C(=O)O)NC(=O)OCC1c2ccccc2-c2ccccc21. The molecule has 3 rings (SSSR count). The van der Waals surface area contributed by atoms with E-state index in [-0.39, 0.29) is 37.8 Å².